The molecule has 0 saturated heterocycles. The Morgan fingerprint density at radius 1 is 1.37 bits per heavy atom. The van der Waals surface area contributed by atoms with E-state index in [1.54, 1.807) is 6.07 Å². The van der Waals surface area contributed by atoms with E-state index < -0.39 is 9.84 Å². The predicted octanol–water partition coefficient (Wildman–Crippen LogP) is 1.15. The molecule has 104 valence electrons. The predicted molar refractivity (Wildman–Crippen MR) is 75.0 cm³/mol. The van der Waals surface area contributed by atoms with Crippen molar-refractivity contribution in [1.29, 1.82) is 0 Å². The largest absolute Gasteiger partial charge is 0.492 e. The van der Waals surface area contributed by atoms with Crippen molar-refractivity contribution in [2.75, 3.05) is 25.2 Å². The van der Waals surface area contributed by atoms with Crippen LogP contribution in [0.5, 0.6) is 5.75 Å². The van der Waals surface area contributed by atoms with Crippen LogP contribution in [-0.2, 0) is 9.84 Å². The highest BCUT2D eigenvalue weighted by atomic mass is 32.2. The quantitative estimate of drug-likeness (QED) is 0.650. The van der Waals surface area contributed by atoms with Crippen LogP contribution in [0.1, 0.15) is 17.5 Å². The van der Waals surface area contributed by atoms with Crippen LogP contribution >= 0.6 is 0 Å². The van der Waals surface area contributed by atoms with Gasteiger partial charge in [-0.25, -0.2) is 8.42 Å². The Morgan fingerprint density at radius 2 is 2.11 bits per heavy atom. The summed E-state index contributed by atoms with van der Waals surface area (Å²) >= 11 is 0. The normalized spacial score (nSPS) is 10.7. The van der Waals surface area contributed by atoms with E-state index in [9.17, 15) is 8.42 Å². The number of aliphatic hydroxyl groups excluding tert-OH is 1. The molecule has 4 nitrogen and oxygen atoms in total. The smallest absolute Gasteiger partial charge is 0.147 e. The van der Waals surface area contributed by atoms with Gasteiger partial charge in [0.1, 0.15) is 22.2 Å². The van der Waals surface area contributed by atoms with Crippen molar-refractivity contribution in [3.8, 4) is 17.6 Å². The van der Waals surface area contributed by atoms with Gasteiger partial charge in [0.05, 0.1) is 17.9 Å². The number of rotatable bonds is 5. The second-order valence-electron chi connectivity index (χ2n) is 4.29. The van der Waals surface area contributed by atoms with Crippen LogP contribution in [0.3, 0.4) is 0 Å². The summed E-state index contributed by atoms with van der Waals surface area (Å²) in [6.07, 6.45) is 1.65. The standard InChI is InChI=1S/C14H18O4S/c1-12-6-7-14(13(11-12)5-3-8-15)18-9-4-10-19(2,16)17/h6-7,11,15H,4,8-10H2,1-2H3. The monoisotopic (exact) mass is 282 g/mol. The highest BCUT2D eigenvalue weighted by Gasteiger charge is 2.04. The lowest BCUT2D eigenvalue weighted by Crippen LogP contribution is -2.08. The average Bonchev–Trinajstić information content (AvgIpc) is 2.32. The number of aryl methyl sites for hydroxylation is 1. The zero-order chi connectivity index (χ0) is 14.3. The van der Waals surface area contributed by atoms with Crippen LogP contribution in [0.25, 0.3) is 0 Å². The molecule has 0 saturated carbocycles. The molecule has 0 radical (unpaired) electrons. The van der Waals surface area contributed by atoms with Gasteiger partial charge in [0.15, 0.2) is 0 Å². The van der Waals surface area contributed by atoms with Gasteiger partial charge in [-0.05, 0) is 31.0 Å². The minimum absolute atomic E-state index is 0.108. The van der Waals surface area contributed by atoms with Crippen LogP contribution < -0.4 is 4.74 Å². The molecule has 0 heterocycles. The van der Waals surface area contributed by atoms with Crippen LogP contribution in [0.4, 0.5) is 0 Å². The van der Waals surface area contributed by atoms with Crippen LogP contribution in [0.15, 0.2) is 18.2 Å². The first-order valence-corrected chi connectivity index (χ1v) is 7.99. The average molecular weight is 282 g/mol. The maximum atomic E-state index is 11.0. The molecule has 1 aromatic rings. The van der Waals surface area contributed by atoms with Gasteiger partial charge < -0.3 is 9.84 Å². The first-order chi connectivity index (χ1) is 8.92. The molecule has 1 N–H and O–H groups in total. The molecular formula is C14H18O4S. The Balaban J connectivity index is 2.67. The molecule has 0 bridgehead atoms. The van der Waals surface area contributed by atoms with E-state index in [1.165, 1.54) is 6.26 Å². The van der Waals surface area contributed by atoms with Crippen molar-refractivity contribution in [1.82, 2.24) is 0 Å². The van der Waals surface area contributed by atoms with Crippen LogP contribution in [-0.4, -0.2) is 38.7 Å². The molecule has 0 unspecified atom stereocenters. The molecule has 0 aliphatic carbocycles. The van der Waals surface area contributed by atoms with Gasteiger partial charge >= 0.3 is 0 Å². The second kappa shape index (κ2) is 7.17. The first-order valence-electron chi connectivity index (χ1n) is 5.93. The van der Waals surface area contributed by atoms with E-state index in [0.29, 0.717) is 24.3 Å². The van der Waals surface area contributed by atoms with Crippen molar-refractivity contribution in [3.05, 3.63) is 29.3 Å². The fraction of sp³-hybridized carbons (Fsp3) is 0.429. The third-order valence-electron chi connectivity index (χ3n) is 2.35. The van der Waals surface area contributed by atoms with Gasteiger partial charge in [0.25, 0.3) is 0 Å². The van der Waals surface area contributed by atoms with Crippen molar-refractivity contribution in [2.45, 2.75) is 13.3 Å². The Morgan fingerprint density at radius 3 is 2.74 bits per heavy atom. The van der Waals surface area contributed by atoms with Gasteiger partial charge in [-0.15, -0.1) is 0 Å². The lowest BCUT2D eigenvalue weighted by Gasteiger charge is -2.08. The van der Waals surface area contributed by atoms with Gasteiger partial charge in [-0.2, -0.15) is 0 Å². The fourth-order valence-corrected chi connectivity index (χ4v) is 2.15. The van der Waals surface area contributed by atoms with Crippen molar-refractivity contribution >= 4 is 9.84 Å². The van der Waals surface area contributed by atoms with Gasteiger partial charge in [0.2, 0.25) is 0 Å². The maximum Gasteiger partial charge on any atom is 0.147 e. The summed E-state index contributed by atoms with van der Waals surface area (Å²) in [4.78, 5) is 0. The van der Waals surface area contributed by atoms with E-state index in [1.807, 2.05) is 19.1 Å². The molecule has 5 heteroatoms. The van der Waals surface area contributed by atoms with E-state index >= 15 is 0 Å². The third-order valence-corrected chi connectivity index (χ3v) is 3.38. The van der Waals surface area contributed by atoms with E-state index in [2.05, 4.69) is 11.8 Å². The van der Waals surface area contributed by atoms with Gasteiger partial charge in [0, 0.05) is 6.26 Å². The molecule has 0 fully saturated rings. The number of benzene rings is 1. The van der Waals surface area contributed by atoms with Crippen LogP contribution in [0, 0.1) is 18.8 Å². The van der Waals surface area contributed by atoms with E-state index in [4.69, 9.17) is 9.84 Å². The molecule has 19 heavy (non-hydrogen) atoms. The number of aliphatic hydroxyl groups is 1. The molecule has 0 atom stereocenters. The molecule has 0 amide bonds. The lowest BCUT2D eigenvalue weighted by molar-refractivity contribution is 0.317. The minimum Gasteiger partial charge on any atom is -0.492 e. The third kappa shape index (κ3) is 6.27. The molecule has 0 aliphatic rings. The maximum absolute atomic E-state index is 11.0. The summed E-state index contributed by atoms with van der Waals surface area (Å²) in [5.41, 5.74) is 1.75. The molecule has 0 aliphatic heterocycles. The Hall–Kier alpha value is -1.51. The van der Waals surface area contributed by atoms with Crippen LogP contribution in [0.2, 0.25) is 0 Å². The summed E-state index contributed by atoms with van der Waals surface area (Å²) < 4.78 is 27.5. The fourth-order valence-electron chi connectivity index (χ4n) is 1.51. The highest BCUT2D eigenvalue weighted by Crippen LogP contribution is 2.19. The summed E-state index contributed by atoms with van der Waals surface area (Å²) in [6.45, 7) is 2.06. The summed E-state index contributed by atoms with van der Waals surface area (Å²) in [6, 6.07) is 5.57. The Kier molecular flexibility index (Phi) is 5.87. The SMILES string of the molecule is Cc1ccc(OCCCS(C)(=O)=O)c(C#CCO)c1. The lowest BCUT2D eigenvalue weighted by atomic mass is 10.1. The van der Waals surface area contributed by atoms with Crippen molar-refractivity contribution in [3.63, 3.8) is 0 Å². The zero-order valence-electron chi connectivity index (χ0n) is 11.1. The highest BCUT2D eigenvalue weighted by molar-refractivity contribution is 7.90. The van der Waals surface area contributed by atoms with Crippen molar-refractivity contribution in [2.24, 2.45) is 0 Å². The first kappa shape index (κ1) is 15.5. The molecule has 1 aromatic carbocycles. The van der Waals surface area contributed by atoms with Crippen molar-refractivity contribution < 1.29 is 18.3 Å². The second-order valence-corrected chi connectivity index (χ2v) is 6.55. The summed E-state index contributed by atoms with van der Waals surface area (Å²) in [7, 11) is -2.95. The van der Waals surface area contributed by atoms with E-state index in [-0.39, 0.29) is 12.4 Å². The number of hydrogen-bond acceptors (Lipinski definition) is 4. The molecular weight excluding hydrogens is 264 g/mol. The zero-order valence-corrected chi connectivity index (χ0v) is 12.0. The number of sulfone groups is 1. The van der Waals surface area contributed by atoms with E-state index in [0.717, 1.165) is 5.56 Å². The Labute approximate surface area is 114 Å². The number of hydrogen-bond donors (Lipinski definition) is 1. The number of ether oxygens (including phenoxy) is 1. The molecule has 0 aromatic heterocycles. The molecule has 0 spiro atoms. The van der Waals surface area contributed by atoms with Gasteiger partial charge in [-0.1, -0.05) is 17.9 Å². The molecule has 1 rings (SSSR count). The summed E-state index contributed by atoms with van der Waals surface area (Å²) in [5.74, 6) is 6.11. The summed E-state index contributed by atoms with van der Waals surface area (Å²) in [5, 5.41) is 8.71. The van der Waals surface area contributed by atoms with Gasteiger partial charge in [-0.3, -0.25) is 0 Å². The topological polar surface area (TPSA) is 63.6 Å². The minimum atomic E-state index is -2.95. The Bertz CT molecular complexity index is 579.